The van der Waals surface area contributed by atoms with Crippen LogP contribution in [0.25, 0.3) is 0 Å². The second kappa shape index (κ2) is 4.73. The number of aliphatic hydroxyl groups is 1. The highest BCUT2D eigenvalue weighted by molar-refractivity contribution is 6.23. The van der Waals surface area contributed by atoms with Crippen molar-refractivity contribution in [3.63, 3.8) is 0 Å². The second-order valence-electron chi connectivity index (χ2n) is 7.26. The van der Waals surface area contributed by atoms with E-state index in [2.05, 4.69) is 0 Å². The van der Waals surface area contributed by atoms with E-state index in [1.165, 1.54) is 45.2 Å². The molecule has 26 heavy (non-hydrogen) atoms. The molecule has 1 fully saturated rings. The number of hydrogen-bond donors (Lipinski definition) is 2. The summed E-state index contributed by atoms with van der Waals surface area (Å²) in [6.45, 7) is 3.00. The molecule has 4 atom stereocenters. The first-order valence-electron chi connectivity index (χ1n) is 8.24. The number of benzene rings is 1. The minimum Gasteiger partial charge on any atom is -0.507 e. The number of carbonyl (C=O) groups excluding carboxylic acids is 3. The molecule has 0 saturated heterocycles. The van der Waals surface area contributed by atoms with Crippen molar-refractivity contribution in [1.29, 1.82) is 0 Å². The van der Waals surface area contributed by atoms with Gasteiger partial charge in [-0.25, -0.2) is 0 Å². The fraction of sp³-hybridized carbons (Fsp3) is 0.421. The van der Waals surface area contributed by atoms with E-state index in [-0.39, 0.29) is 29.1 Å². The second-order valence-corrected chi connectivity index (χ2v) is 7.26. The molecule has 0 aromatic heterocycles. The summed E-state index contributed by atoms with van der Waals surface area (Å²) in [7, 11) is 1.18. The van der Waals surface area contributed by atoms with Gasteiger partial charge in [0.05, 0.1) is 13.0 Å². The Hall–Kier alpha value is -2.67. The molecule has 3 aliphatic rings. The van der Waals surface area contributed by atoms with E-state index >= 15 is 0 Å². The molecule has 1 saturated carbocycles. The molecule has 2 bridgehead atoms. The molecule has 0 radical (unpaired) electrons. The first kappa shape index (κ1) is 16.8. The van der Waals surface area contributed by atoms with E-state index in [0.29, 0.717) is 0 Å². The molecule has 4 rings (SSSR count). The molecule has 1 aromatic rings. The average Bonchev–Trinajstić information content (AvgIpc) is 2.75. The van der Waals surface area contributed by atoms with Crippen LogP contribution in [-0.4, -0.2) is 46.1 Å². The van der Waals surface area contributed by atoms with Crippen LogP contribution in [0.3, 0.4) is 0 Å². The molecule has 1 heterocycles. The summed E-state index contributed by atoms with van der Waals surface area (Å²) < 4.78 is 10.8. The Labute approximate surface area is 149 Å². The molecule has 0 unspecified atom stereocenters. The summed E-state index contributed by atoms with van der Waals surface area (Å²) in [6, 6.07) is 4.31. The molecule has 136 valence electrons. The number of fused-ring (bicyclic) bond motifs is 1. The minimum absolute atomic E-state index is 0.0690. The first-order chi connectivity index (χ1) is 12.1. The van der Waals surface area contributed by atoms with Gasteiger partial charge >= 0.3 is 5.97 Å². The van der Waals surface area contributed by atoms with Crippen LogP contribution >= 0.6 is 0 Å². The minimum atomic E-state index is -1.90. The van der Waals surface area contributed by atoms with Gasteiger partial charge in [0, 0.05) is 0 Å². The zero-order valence-electron chi connectivity index (χ0n) is 14.5. The zero-order chi connectivity index (χ0) is 19.1. The summed E-state index contributed by atoms with van der Waals surface area (Å²) in [5.41, 5.74) is -5.28. The highest BCUT2D eigenvalue weighted by Gasteiger charge is 2.82. The predicted octanol–water partition coefficient (Wildman–Crippen LogP) is 1.17. The molecule has 0 amide bonds. The van der Waals surface area contributed by atoms with Gasteiger partial charge in [0.2, 0.25) is 0 Å². The smallest absolute Gasteiger partial charge is 0.312 e. The van der Waals surface area contributed by atoms with Crippen LogP contribution < -0.4 is 4.74 Å². The Morgan fingerprint density at radius 3 is 2.69 bits per heavy atom. The lowest BCUT2D eigenvalue weighted by Gasteiger charge is -2.53. The van der Waals surface area contributed by atoms with Gasteiger partial charge < -0.3 is 19.7 Å². The number of phenols is 1. The maximum absolute atomic E-state index is 13.4. The number of hydrogen-bond acceptors (Lipinski definition) is 7. The average molecular weight is 358 g/mol. The van der Waals surface area contributed by atoms with Crippen LogP contribution in [0.5, 0.6) is 11.5 Å². The molecule has 1 aliphatic heterocycles. The maximum Gasteiger partial charge on any atom is 0.312 e. The molecular weight excluding hydrogens is 340 g/mol. The molecular formula is C19H18O7. The summed E-state index contributed by atoms with van der Waals surface area (Å²) in [5.74, 6) is -3.33. The van der Waals surface area contributed by atoms with Gasteiger partial charge in [0.1, 0.15) is 28.1 Å². The number of phenolic OH excluding ortho intramolecular Hbond substituents is 1. The zero-order valence-corrected chi connectivity index (χ0v) is 14.5. The van der Waals surface area contributed by atoms with Crippen molar-refractivity contribution in [1.82, 2.24) is 0 Å². The Morgan fingerprint density at radius 2 is 2.04 bits per heavy atom. The maximum atomic E-state index is 13.4. The lowest BCUT2D eigenvalue weighted by atomic mass is 9.58. The van der Waals surface area contributed by atoms with E-state index in [9.17, 15) is 24.6 Å². The van der Waals surface area contributed by atoms with E-state index in [4.69, 9.17) is 9.47 Å². The molecule has 0 spiro atoms. The van der Waals surface area contributed by atoms with Gasteiger partial charge in [-0.1, -0.05) is 6.07 Å². The van der Waals surface area contributed by atoms with Gasteiger partial charge in [-0.15, -0.1) is 0 Å². The number of methoxy groups -OCH3 is 1. The fourth-order valence-electron chi connectivity index (χ4n) is 4.97. The van der Waals surface area contributed by atoms with Crippen LogP contribution in [0.2, 0.25) is 0 Å². The molecule has 2 N–H and O–H groups in total. The van der Waals surface area contributed by atoms with Crippen LogP contribution in [-0.2, 0) is 14.3 Å². The Morgan fingerprint density at radius 1 is 1.35 bits per heavy atom. The van der Waals surface area contributed by atoms with Gasteiger partial charge in [0.15, 0.2) is 17.2 Å². The van der Waals surface area contributed by atoms with Gasteiger partial charge in [-0.2, -0.15) is 0 Å². The first-order valence-corrected chi connectivity index (χ1v) is 8.24. The van der Waals surface area contributed by atoms with Gasteiger partial charge in [0.25, 0.3) is 0 Å². The number of aromatic hydroxyl groups is 1. The van der Waals surface area contributed by atoms with Gasteiger partial charge in [-0.05, 0) is 44.1 Å². The van der Waals surface area contributed by atoms with E-state index in [1.807, 2.05) is 0 Å². The lowest BCUT2D eigenvalue weighted by Crippen LogP contribution is -2.70. The van der Waals surface area contributed by atoms with Crippen LogP contribution in [0.15, 0.2) is 29.8 Å². The number of rotatable bonds is 1. The number of Topliss-reactive ketones (excluding diaryl/α,β-unsaturated/α-hetero) is 1. The largest absolute Gasteiger partial charge is 0.507 e. The fourth-order valence-corrected chi connectivity index (χ4v) is 4.97. The predicted molar refractivity (Wildman–Crippen MR) is 87.7 cm³/mol. The number of ketones is 2. The normalized spacial score (nSPS) is 37.4. The van der Waals surface area contributed by atoms with Gasteiger partial charge in [-0.3, -0.25) is 14.4 Å². The third kappa shape index (κ3) is 1.47. The van der Waals surface area contributed by atoms with Crippen molar-refractivity contribution < 1.29 is 34.1 Å². The Kier molecular flexibility index (Phi) is 3.05. The Balaban J connectivity index is 2.07. The summed E-state index contributed by atoms with van der Waals surface area (Å²) in [4.78, 5) is 38.9. The summed E-state index contributed by atoms with van der Waals surface area (Å²) >= 11 is 0. The quantitative estimate of drug-likeness (QED) is 0.573. The number of allylic oxidation sites excluding steroid dienone is 1. The van der Waals surface area contributed by atoms with Crippen LogP contribution in [0, 0.1) is 11.3 Å². The highest BCUT2D eigenvalue weighted by atomic mass is 16.5. The number of ether oxygens (including phenoxy) is 2. The molecule has 1 aromatic carbocycles. The van der Waals surface area contributed by atoms with E-state index < -0.39 is 40.1 Å². The number of carbonyl (C=O) groups is 3. The lowest BCUT2D eigenvalue weighted by molar-refractivity contribution is -0.171. The molecule has 7 heteroatoms. The van der Waals surface area contributed by atoms with Crippen molar-refractivity contribution in [2.45, 2.75) is 31.5 Å². The summed E-state index contributed by atoms with van der Waals surface area (Å²) in [6.07, 6.45) is 0.933. The monoisotopic (exact) mass is 358 g/mol. The summed E-state index contributed by atoms with van der Waals surface area (Å²) in [5, 5.41) is 21.7. The highest BCUT2D eigenvalue weighted by Crippen LogP contribution is 2.66. The van der Waals surface area contributed by atoms with Crippen molar-refractivity contribution in [2.24, 2.45) is 11.3 Å². The van der Waals surface area contributed by atoms with E-state index in [0.717, 1.165) is 0 Å². The van der Waals surface area contributed by atoms with Crippen molar-refractivity contribution in [3.8, 4) is 11.5 Å². The van der Waals surface area contributed by atoms with Crippen LogP contribution in [0.4, 0.5) is 0 Å². The third-order valence-corrected chi connectivity index (χ3v) is 6.34. The van der Waals surface area contributed by atoms with Crippen molar-refractivity contribution in [3.05, 3.63) is 35.4 Å². The van der Waals surface area contributed by atoms with E-state index in [1.54, 1.807) is 0 Å². The van der Waals surface area contributed by atoms with Crippen molar-refractivity contribution in [2.75, 3.05) is 7.11 Å². The molecule has 7 nitrogen and oxygen atoms in total. The number of esters is 1. The standard InChI is InChI=1S/C19H18O7/c1-9-7-13(21)18-8-10(16(23)25-3)19(9,24)17(18,2)26-12-6-4-5-11(20)14(12)15(18)22/h4-7,10,20,24H,8H2,1-3H3/t10-,17+,18+,19-/m1/s1. The topological polar surface area (TPSA) is 110 Å². The third-order valence-electron chi connectivity index (χ3n) is 6.34. The SMILES string of the molecule is COC(=O)[C@H]1C[C@@]23C(=O)C=C(C)[C@]1(O)[C@@]2(C)Oc1cccc(O)c1C3=O. The van der Waals surface area contributed by atoms with Crippen molar-refractivity contribution >= 4 is 17.5 Å². The molecule has 2 aliphatic carbocycles. The van der Waals surface area contributed by atoms with Crippen LogP contribution in [0.1, 0.15) is 30.6 Å². The Bertz CT molecular complexity index is 916.